The zero-order valence-electron chi connectivity index (χ0n) is 16.4. The maximum absolute atomic E-state index is 13.2. The lowest BCUT2D eigenvalue weighted by molar-refractivity contribution is -0.146. The molecule has 1 atom stereocenters. The fourth-order valence-corrected chi connectivity index (χ4v) is 4.44. The molecule has 4 rings (SSSR count). The van der Waals surface area contributed by atoms with Crippen LogP contribution >= 0.6 is 11.3 Å². The number of hydrogen-bond donors (Lipinski definition) is 0. The van der Waals surface area contributed by atoms with Gasteiger partial charge in [0.15, 0.2) is 5.69 Å². The molecular formula is C21H18F3N3O3S. The first kappa shape index (κ1) is 21.1. The molecule has 10 heteroatoms. The van der Waals surface area contributed by atoms with E-state index in [2.05, 4.69) is 5.10 Å². The van der Waals surface area contributed by atoms with Gasteiger partial charge in [0.2, 0.25) is 0 Å². The normalized spacial score (nSPS) is 16.1. The molecular weight excluding hydrogens is 431 g/mol. The number of esters is 1. The van der Waals surface area contributed by atoms with Gasteiger partial charge in [-0.25, -0.2) is 4.79 Å². The Morgan fingerprint density at radius 1 is 1.23 bits per heavy atom. The van der Waals surface area contributed by atoms with Crippen molar-refractivity contribution in [2.24, 2.45) is 0 Å². The van der Waals surface area contributed by atoms with Crippen molar-refractivity contribution >= 4 is 23.2 Å². The van der Waals surface area contributed by atoms with E-state index in [4.69, 9.17) is 4.74 Å². The van der Waals surface area contributed by atoms with Crippen molar-refractivity contribution in [2.75, 3.05) is 7.11 Å². The predicted molar refractivity (Wildman–Crippen MR) is 106 cm³/mol. The van der Waals surface area contributed by atoms with Gasteiger partial charge in [0.1, 0.15) is 6.04 Å². The van der Waals surface area contributed by atoms with E-state index < -0.39 is 23.9 Å². The molecule has 162 valence electrons. The molecule has 1 amide bonds. The molecule has 31 heavy (non-hydrogen) atoms. The summed E-state index contributed by atoms with van der Waals surface area (Å²) in [5, 5.41) is 5.23. The summed E-state index contributed by atoms with van der Waals surface area (Å²) in [4.78, 5) is 27.4. The monoisotopic (exact) mass is 449 g/mol. The van der Waals surface area contributed by atoms with E-state index in [1.54, 1.807) is 11.4 Å². The maximum Gasteiger partial charge on any atom is 0.435 e. The lowest BCUT2D eigenvalue weighted by atomic mass is 9.93. The fourth-order valence-electron chi connectivity index (χ4n) is 3.58. The first-order chi connectivity index (χ1) is 14.8. The number of ether oxygens (including phenoxy) is 1. The summed E-state index contributed by atoms with van der Waals surface area (Å²) in [6.45, 7) is 0.374. The van der Waals surface area contributed by atoms with Crippen LogP contribution in [0.25, 0.3) is 0 Å². The molecule has 1 aliphatic heterocycles. The van der Waals surface area contributed by atoms with Gasteiger partial charge in [-0.3, -0.25) is 9.48 Å². The van der Waals surface area contributed by atoms with Gasteiger partial charge < -0.3 is 9.64 Å². The highest BCUT2D eigenvalue weighted by Crippen LogP contribution is 2.29. The smallest absolute Gasteiger partial charge is 0.435 e. The highest BCUT2D eigenvalue weighted by atomic mass is 32.1. The zero-order valence-corrected chi connectivity index (χ0v) is 17.2. The lowest BCUT2D eigenvalue weighted by Crippen LogP contribution is -2.49. The second-order valence-electron chi connectivity index (χ2n) is 7.16. The molecule has 0 N–H and O–H groups in total. The molecule has 1 aromatic carbocycles. The zero-order chi connectivity index (χ0) is 22.2. The van der Waals surface area contributed by atoms with Crippen LogP contribution in [0.4, 0.5) is 13.2 Å². The van der Waals surface area contributed by atoms with E-state index in [1.807, 2.05) is 24.3 Å². The van der Waals surface area contributed by atoms with E-state index in [1.165, 1.54) is 34.2 Å². The number of benzene rings is 1. The van der Waals surface area contributed by atoms with Crippen molar-refractivity contribution in [3.8, 4) is 0 Å². The van der Waals surface area contributed by atoms with Crippen LogP contribution < -0.4 is 0 Å². The van der Waals surface area contributed by atoms with Gasteiger partial charge in [-0.2, -0.15) is 18.3 Å². The molecule has 0 fully saturated rings. The summed E-state index contributed by atoms with van der Waals surface area (Å²) in [7, 11) is 1.29. The number of alkyl halides is 3. The van der Waals surface area contributed by atoms with Crippen LogP contribution in [0.2, 0.25) is 0 Å². The topological polar surface area (TPSA) is 64.4 Å². The minimum absolute atomic E-state index is 0.100. The number of nitrogens with zero attached hydrogens (tertiary/aromatic N) is 3. The van der Waals surface area contributed by atoms with E-state index in [0.29, 0.717) is 16.9 Å². The van der Waals surface area contributed by atoms with Crippen LogP contribution in [0.5, 0.6) is 0 Å². The van der Waals surface area contributed by atoms with E-state index in [9.17, 15) is 22.8 Å². The molecule has 3 heterocycles. The quantitative estimate of drug-likeness (QED) is 0.569. The number of hydrogen-bond acceptors (Lipinski definition) is 5. The van der Waals surface area contributed by atoms with Gasteiger partial charge in [-0.1, -0.05) is 24.3 Å². The van der Waals surface area contributed by atoms with Crippen molar-refractivity contribution in [3.63, 3.8) is 0 Å². The Morgan fingerprint density at radius 3 is 2.65 bits per heavy atom. The van der Waals surface area contributed by atoms with Crippen LogP contribution in [0.1, 0.15) is 32.1 Å². The molecule has 0 spiro atoms. The Bertz CT molecular complexity index is 1120. The summed E-state index contributed by atoms with van der Waals surface area (Å²) in [6.07, 6.45) is -2.90. The van der Waals surface area contributed by atoms with E-state index in [0.717, 1.165) is 17.2 Å². The summed E-state index contributed by atoms with van der Waals surface area (Å²) >= 11 is 1.18. The van der Waals surface area contributed by atoms with Gasteiger partial charge in [0, 0.05) is 19.2 Å². The third-order valence-electron chi connectivity index (χ3n) is 5.12. The Kier molecular flexibility index (Phi) is 5.57. The molecule has 0 bridgehead atoms. The second kappa shape index (κ2) is 8.18. The number of amides is 1. The van der Waals surface area contributed by atoms with Crippen molar-refractivity contribution in [1.82, 2.24) is 14.7 Å². The molecule has 0 radical (unpaired) electrons. The van der Waals surface area contributed by atoms with Crippen LogP contribution in [0.15, 0.2) is 48.0 Å². The average Bonchev–Trinajstić information content (AvgIpc) is 3.41. The standard InChI is InChI=1S/C21H18F3N3O3S/c1-30-20(29)16-9-14-4-2-3-5-15(14)11-27(16)19(28)17-8-13(12-31-17)10-26-7-6-18(25-26)21(22,23)24/h2-8,12,16H,9-11H2,1H3. The molecule has 0 aliphatic carbocycles. The Labute approximate surface area is 179 Å². The van der Waals surface area contributed by atoms with Crippen LogP contribution in [-0.2, 0) is 35.2 Å². The lowest BCUT2D eigenvalue weighted by Gasteiger charge is -2.34. The van der Waals surface area contributed by atoms with Crippen molar-refractivity contribution < 1.29 is 27.5 Å². The number of thiophene rings is 1. The number of halogens is 3. The highest BCUT2D eigenvalue weighted by Gasteiger charge is 2.36. The molecule has 0 saturated carbocycles. The number of rotatable bonds is 4. The molecule has 1 unspecified atom stereocenters. The van der Waals surface area contributed by atoms with Crippen LogP contribution in [0, 0.1) is 0 Å². The Hall–Kier alpha value is -3.14. The summed E-state index contributed by atoms with van der Waals surface area (Å²) in [6, 6.07) is 9.40. The third-order valence-corrected chi connectivity index (χ3v) is 6.09. The van der Waals surface area contributed by atoms with Crippen molar-refractivity contribution in [3.05, 3.63) is 75.2 Å². The SMILES string of the molecule is COC(=O)C1Cc2ccccc2CN1C(=O)c1cc(Cn2ccc(C(F)(F)F)n2)cs1. The first-order valence-electron chi connectivity index (χ1n) is 9.40. The van der Waals surface area contributed by atoms with Crippen molar-refractivity contribution in [1.29, 1.82) is 0 Å². The van der Waals surface area contributed by atoms with E-state index >= 15 is 0 Å². The average molecular weight is 449 g/mol. The molecule has 2 aromatic heterocycles. The van der Waals surface area contributed by atoms with Gasteiger partial charge in [0.25, 0.3) is 5.91 Å². The van der Waals surface area contributed by atoms with Crippen molar-refractivity contribution in [2.45, 2.75) is 31.7 Å². The largest absolute Gasteiger partial charge is 0.467 e. The van der Waals surface area contributed by atoms with Crippen LogP contribution in [0.3, 0.4) is 0 Å². The molecule has 6 nitrogen and oxygen atoms in total. The maximum atomic E-state index is 13.2. The minimum atomic E-state index is -4.51. The number of carbonyl (C=O) groups excluding carboxylic acids is 2. The first-order valence-corrected chi connectivity index (χ1v) is 10.3. The van der Waals surface area contributed by atoms with Gasteiger partial charge >= 0.3 is 12.1 Å². The third kappa shape index (κ3) is 4.34. The number of carbonyl (C=O) groups is 2. The summed E-state index contributed by atoms with van der Waals surface area (Å²) < 4.78 is 44.3. The van der Waals surface area contributed by atoms with Gasteiger partial charge in [-0.15, -0.1) is 11.3 Å². The van der Waals surface area contributed by atoms with Crippen LogP contribution in [-0.4, -0.2) is 39.7 Å². The summed E-state index contributed by atoms with van der Waals surface area (Å²) in [5.41, 5.74) is 1.64. The number of aromatic nitrogens is 2. The predicted octanol–water partition coefficient (Wildman–Crippen LogP) is 3.75. The van der Waals surface area contributed by atoms with Gasteiger partial charge in [-0.05, 0) is 34.2 Å². The molecule has 0 saturated heterocycles. The molecule has 3 aromatic rings. The van der Waals surface area contributed by atoms with E-state index in [-0.39, 0.29) is 19.0 Å². The summed E-state index contributed by atoms with van der Waals surface area (Å²) in [5.74, 6) is -0.812. The molecule has 1 aliphatic rings. The highest BCUT2D eigenvalue weighted by molar-refractivity contribution is 7.12. The Balaban J connectivity index is 1.54. The number of fused-ring (bicyclic) bond motifs is 1. The Morgan fingerprint density at radius 2 is 1.97 bits per heavy atom. The number of methoxy groups -OCH3 is 1. The van der Waals surface area contributed by atoms with Gasteiger partial charge in [0.05, 0.1) is 18.5 Å². The fraction of sp³-hybridized carbons (Fsp3) is 0.286. The second-order valence-corrected chi connectivity index (χ2v) is 8.07. The minimum Gasteiger partial charge on any atom is -0.467 e.